The number of amides is 2. The number of halogens is 1. The molecule has 2 heterocycles. The first-order valence-corrected chi connectivity index (χ1v) is 10.1. The van der Waals surface area contributed by atoms with Gasteiger partial charge in [0.25, 0.3) is 5.91 Å². The monoisotopic (exact) mass is 407 g/mol. The fourth-order valence-electron chi connectivity index (χ4n) is 2.13. The molecular formula is C17H14FN3O2S3. The van der Waals surface area contributed by atoms with Crippen molar-refractivity contribution in [1.29, 1.82) is 0 Å². The molecule has 3 rings (SSSR count). The summed E-state index contributed by atoms with van der Waals surface area (Å²) in [5.74, 6) is -0.883. The number of thiophene rings is 1. The highest BCUT2D eigenvalue weighted by Crippen LogP contribution is 2.33. The van der Waals surface area contributed by atoms with Gasteiger partial charge in [-0.3, -0.25) is 14.9 Å². The Morgan fingerprint density at radius 2 is 2.00 bits per heavy atom. The second kappa shape index (κ2) is 7.98. The van der Waals surface area contributed by atoms with Crippen molar-refractivity contribution >= 4 is 51.4 Å². The van der Waals surface area contributed by atoms with E-state index in [2.05, 4.69) is 10.3 Å². The number of anilines is 1. The van der Waals surface area contributed by atoms with Gasteiger partial charge in [-0.05, 0) is 25.1 Å². The number of carbonyl (C=O) groups is 2. The fraction of sp³-hybridized carbons (Fsp3) is 0.118. The molecule has 3 N–H and O–H groups in total. The summed E-state index contributed by atoms with van der Waals surface area (Å²) >= 11 is 3.79. The quantitative estimate of drug-likeness (QED) is 0.601. The summed E-state index contributed by atoms with van der Waals surface area (Å²) in [5, 5.41) is 3.19. The molecule has 0 saturated heterocycles. The fourth-order valence-corrected chi connectivity index (χ4v) is 4.93. The molecule has 3 aromatic rings. The van der Waals surface area contributed by atoms with Crippen LogP contribution in [-0.4, -0.2) is 22.6 Å². The van der Waals surface area contributed by atoms with Crippen molar-refractivity contribution in [2.75, 3.05) is 11.1 Å². The summed E-state index contributed by atoms with van der Waals surface area (Å²) in [6.07, 6.45) is 0. The van der Waals surface area contributed by atoms with Gasteiger partial charge in [0.2, 0.25) is 5.91 Å². The Balaban J connectivity index is 1.72. The normalized spacial score (nSPS) is 10.7. The molecule has 0 saturated carbocycles. The summed E-state index contributed by atoms with van der Waals surface area (Å²) in [5.41, 5.74) is 6.34. The van der Waals surface area contributed by atoms with Crippen LogP contribution in [-0.2, 0) is 4.79 Å². The predicted molar refractivity (Wildman–Crippen MR) is 104 cm³/mol. The van der Waals surface area contributed by atoms with Crippen LogP contribution in [0.1, 0.15) is 15.4 Å². The van der Waals surface area contributed by atoms with E-state index in [0.717, 1.165) is 9.90 Å². The summed E-state index contributed by atoms with van der Waals surface area (Å²) < 4.78 is 14.7. The third-order valence-corrected chi connectivity index (χ3v) is 6.86. The van der Waals surface area contributed by atoms with E-state index >= 15 is 0 Å². The van der Waals surface area contributed by atoms with Crippen molar-refractivity contribution in [2.45, 2.75) is 11.1 Å². The van der Waals surface area contributed by atoms with Gasteiger partial charge < -0.3 is 5.73 Å². The van der Waals surface area contributed by atoms with Crippen LogP contribution in [0.5, 0.6) is 0 Å². The van der Waals surface area contributed by atoms with Gasteiger partial charge in [-0.2, -0.15) is 0 Å². The van der Waals surface area contributed by atoms with E-state index < -0.39 is 5.91 Å². The average molecular weight is 408 g/mol. The molecule has 0 aliphatic heterocycles. The van der Waals surface area contributed by atoms with E-state index in [4.69, 9.17) is 5.73 Å². The number of carbonyl (C=O) groups excluding carboxylic acids is 2. The molecule has 1 aromatic carbocycles. The lowest BCUT2D eigenvalue weighted by Gasteiger charge is -1.99. The smallest absolute Gasteiger partial charge is 0.267 e. The molecule has 0 atom stereocenters. The number of rotatable bonds is 6. The highest BCUT2D eigenvalue weighted by atomic mass is 32.2. The van der Waals surface area contributed by atoms with Crippen LogP contribution in [0.3, 0.4) is 0 Å². The largest absolute Gasteiger partial charge is 0.369 e. The maximum absolute atomic E-state index is 13.9. The first-order chi connectivity index (χ1) is 12.4. The highest BCUT2D eigenvalue weighted by Gasteiger charge is 2.16. The van der Waals surface area contributed by atoms with Gasteiger partial charge in [-0.15, -0.1) is 23.1 Å². The number of nitrogens with zero attached hydrogens (tertiary/aromatic N) is 1. The lowest BCUT2D eigenvalue weighted by Crippen LogP contribution is -2.12. The average Bonchev–Trinajstić information content (AvgIpc) is 3.20. The maximum Gasteiger partial charge on any atom is 0.267 e. The number of nitrogens with two attached hydrogens (primary N) is 1. The molecule has 0 spiro atoms. The lowest BCUT2D eigenvalue weighted by atomic mass is 10.2. The summed E-state index contributed by atoms with van der Waals surface area (Å²) in [7, 11) is 0. The molecule has 0 bridgehead atoms. The molecule has 9 heteroatoms. The van der Waals surface area contributed by atoms with Gasteiger partial charge in [-0.1, -0.05) is 29.5 Å². The molecule has 0 unspecified atom stereocenters. The van der Waals surface area contributed by atoms with Crippen LogP contribution < -0.4 is 11.1 Å². The van der Waals surface area contributed by atoms with Crippen LogP contribution in [0.25, 0.3) is 10.4 Å². The molecule has 0 radical (unpaired) electrons. The molecule has 26 heavy (non-hydrogen) atoms. The number of hydrogen-bond donors (Lipinski definition) is 2. The van der Waals surface area contributed by atoms with Crippen LogP contribution in [0.2, 0.25) is 0 Å². The van der Waals surface area contributed by atoms with Crippen molar-refractivity contribution in [3.63, 3.8) is 0 Å². The van der Waals surface area contributed by atoms with Crippen molar-refractivity contribution < 1.29 is 14.0 Å². The minimum atomic E-state index is -0.410. The van der Waals surface area contributed by atoms with Crippen LogP contribution >= 0.6 is 34.4 Å². The third kappa shape index (κ3) is 4.29. The van der Waals surface area contributed by atoms with Crippen molar-refractivity contribution in [2.24, 2.45) is 5.73 Å². The predicted octanol–water partition coefficient (Wildman–Crippen LogP) is 4.15. The number of primary amides is 1. The molecule has 0 aliphatic carbocycles. The first-order valence-electron chi connectivity index (χ1n) is 7.48. The Hall–Kier alpha value is -2.23. The molecule has 134 valence electrons. The number of aryl methyl sites for hydroxylation is 1. The van der Waals surface area contributed by atoms with Crippen molar-refractivity contribution in [3.05, 3.63) is 52.8 Å². The Bertz CT molecular complexity index is 968. The van der Waals surface area contributed by atoms with Crippen molar-refractivity contribution in [3.8, 4) is 10.4 Å². The van der Waals surface area contributed by atoms with Crippen LogP contribution in [0.15, 0.2) is 40.6 Å². The second-order valence-corrected chi connectivity index (χ2v) is 8.57. The van der Waals surface area contributed by atoms with E-state index in [0.29, 0.717) is 20.4 Å². The molecule has 0 aliphatic rings. The molecule has 5 nitrogen and oxygen atoms in total. The number of thiazole rings is 1. The van der Waals surface area contributed by atoms with Crippen molar-refractivity contribution in [1.82, 2.24) is 4.98 Å². The number of hydrogen-bond acceptors (Lipinski definition) is 6. The summed E-state index contributed by atoms with van der Waals surface area (Å²) in [4.78, 5) is 28.7. The van der Waals surface area contributed by atoms with Gasteiger partial charge in [0.05, 0.1) is 20.5 Å². The van der Waals surface area contributed by atoms with Gasteiger partial charge in [0.15, 0.2) is 5.13 Å². The second-order valence-electron chi connectivity index (χ2n) is 5.24. The maximum atomic E-state index is 13.9. The molecule has 2 amide bonds. The van der Waals surface area contributed by atoms with E-state index in [-0.39, 0.29) is 17.5 Å². The Kier molecular flexibility index (Phi) is 5.70. The SMILES string of the molecule is Cc1nc(NC(=O)c2ccc(-c3ccccc3F)s2)sc1SCC(N)=O. The number of thioether (sulfide) groups is 1. The van der Waals surface area contributed by atoms with Gasteiger partial charge in [0, 0.05) is 10.4 Å². The summed E-state index contributed by atoms with van der Waals surface area (Å²) in [6, 6.07) is 9.82. The van der Waals surface area contributed by atoms with E-state index in [1.807, 2.05) is 0 Å². The molecule has 0 fully saturated rings. The van der Waals surface area contributed by atoms with Crippen LogP contribution in [0, 0.1) is 12.7 Å². The number of nitrogens with one attached hydrogen (secondary N) is 1. The molecular weight excluding hydrogens is 393 g/mol. The standard InChI is InChI=1S/C17H14FN3O2S3/c1-9-16(24-8-14(19)22)26-17(20-9)21-15(23)13-7-6-12(25-13)10-4-2-3-5-11(10)18/h2-7H,8H2,1H3,(H2,19,22)(H,20,21,23). The van der Waals surface area contributed by atoms with E-state index in [1.165, 1.54) is 40.5 Å². The topological polar surface area (TPSA) is 85.1 Å². The lowest BCUT2D eigenvalue weighted by molar-refractivity contribution is -0.115. The van der Waals surface area contributed by atoms with Gasteiger partial charge in [0.1, 0.15) is 5.82 Å². The number of benzene rings is 1. The minimum absolute atomic E-state index is 0.160. The number of aromatic nitrogens is 1. The zero-order chi connectivity index (χ0) is 18.7. The minimum Gasteiger partial charge on any atom is -0.369 e. The van der Waals surface area contributed by atoms with E-state index in [1.54, 1.807) is 37.3 Å². The zero-order valence-electron chi connectivity index (χ0n) is 13.6. The Labute approximate surface area is 161 Å². The zero-order valence-corrected chi connectivity index (χ0v) is 16.1. The Morgan fingerprint density at radius 3 is 2.73 bits per heavy atom. The summed E-state index contributed by atoms with van der Waals surface area (Å²) in [6.45, 7) is 1.80. The Morgan fingerprint density at radius 1 is 1.23 bits per heavy atom. The van der Waals surface area contributed by atoms with Gasteiger partial charge in [-0.25, -0.2) is 9.37 Å². The van der Waals surface area contributed by atoms with Crippen LogP contribution in [0.4, 0.5) is 9.52 Å². The van der Waals surface area contributed by atoms with E-state index in [9.17, 15) is 14.0 Å². The van der Waals surface area contributed by atoms with Gasteiger partial charge >= 0.3 is 0 Å². The highest BCUT2D eigenvalue weighted by molar-refractivity contribution is 8.01. The third-order valence-electron chi connectivity index (χ3n) is 3.29. The molecule has 2 aromatic heterocycles. The first kappa shape index (κ1) is 18.6.